The molecule has 0 saturated carbocycles. The van der Waals surface area contributed by atoms with Crippen molar-refractivity contribution in [3.8, 4) is 34.5 Å². The van der Waals surface area contributed by atoms with E-state index in [-0.39, 0.29) is 56.6 Å². The minimum absolute atomic E-state index is 0.000795. The van der Waals surface area contributed by atoms with Crippen LogP contribution in [0.3, 0.4) is 0 Å². The van der Waals surface area contributed by atoms with Gasteiger partial charge in [-0.1, -0.05) is 6.07 Å². The van der Waals surface area contributed by atoms with Gasteiger partial charge >= 0.3 is 65.7 Å². The summed E-state index contributed by atoms with van der Waals surface area (Å²) in [7, 11) is 0. The quantitative estimate of drug-likeness (QED) is 0.0321. The molecule has 0 bridgehead atoms. The summed E-state index contributed by atoms with van der Waals surface area (Å²) in [5, 5.41) is 0. The Balaban J connectivity index is 1.49. The van der Waals surface area contributed by atoms with Crippen LogP contribution in [0.4, 0.5) is 20.2 Å². The lowest BCUT2D eigenvalue weighted by Gasteiger charge is -2.37. The van der Waals surface area contributed by atoms with Crippen molar-refractivity contribution in [3.05, 3.63) is 94.0 Å². The number of aryl methyl sites for hydroxylation is 1. The molecule has 0 atom stereocenters. The van der Waals surface area contributed by atoms with Crippen molar-refractivity contribution in [2.45, 2.75) is 54.1 Å². The highest BCUT2D eigenvalue weighted by atomic mass is 19.1. The molecule has 4 aromatic rings. The van der Waals surface area contributed by atoms with E-state index in [9.17, 15) is 52.7 Å². The molecule has 2 heterocycles. The first-order chi connectivity index (χ1) is 40.8. The van der Waals surface area contributed by atoms with E-state index in [0.717, 1.165) is 81.7 Å². The van der Waals surface area contributed by atoms with Gasteiger partial charge < -0.3 is 85.6 Å². The van der Waals surface area contributed by atoms with E-state index in [1.807, 2.05) is 0 Å². The average molecular weight is 1210 g/mol. The summed E-state index contributed by atoms with van der Waals surface area (Å²) in [5.41, 5.74) is -3.25. The van der Waals surface area contributed by atoms with Gasteiger partial charge in [-0.2, -0.15) is 0 Å². The van der Waals surface area contributed by atoms with E-state index in [2.05, 4.69) is 0 Å². The van der Waals surface area contributed by atoms with Gasteiger partial charge in [-0.3, -0.25) is 47.9 Å². The highest BCUT2D eigenvalue weighted by Gasteiger charge is 2.55. The Morgan fingerprint density at radius 1 is 0.430 bits per heavy atom. The predicted molar refractivity (Wildman–Crippen MR) is 277 cm³/mol. The van der Waals surface area contributed by atoms with Crippen LogP contribution in [-0.2, 0) is 106 Å². The normalized spacial score (nSPS) is 11.9. The fourth-order valence-corrected chi connectivity index (χ4v) is 7.94. The zero-order valence-electron chi connectivity index (χ0n) is 46.9. The van der Waals surface area contributed by atoms with Crippen molar-refractivity contribution in [2.75, 3.05) is 90.0 Å². The van der Waals surface area contributed by atoms with Crippen LogP contribution in [0.1, 0.15) is 74.2 Å². The molecule has 0 unspecified atom stereocenters. The molecule has 0 fully saturated rings. The summed E-state index contributed by atoms with van der Waals surface area (Å²) in [4.78, 5) is 139. The molecule has 86 heavy (non-hydrogen) atoms. The van der Waals surface area contributed by atoms with Crippen molar-refractivity contribution in [2.24, 2.45) is 0 Å². The van der Waals surface area contributed by atoms with Gasteiger partial charge in [0, 0.05) is 59.2 Å². The molecule has 4 aromatic carbocycles. The third kappa shape index (κ3) is 17.5. The molecule has 0 N–H and O–H groups in total. The molecule has 1 spiro atoms. The van der Waals surface area contributed by atoms with Crippen molar-refractivity contribution in [1.82, 2.24) is 0 Å². The number of carbonyl (C=O) groups excluding carboxylic acids is 11. The Morgan fingerprint density at radius 2 is 0.802 bits per heavy atom. The van der Waals surface area contributed by atoms with E-state index < -0.39 is 175 Å². The van der Waals surface area contributed by atoms with Gasteiger partial charge in [0.25, 0.3) is 0 Å². The lowest BCUT2D eigenvalue weighted by molar-refractivity contribution is -0.167. The highest BCUT2D eigenvalue weighted by Crippen LogP contribution is 2.59. The predicted octanol–water partition coefficient (Wildman–Crippen LogP) is 3.97. The van der Waals surface area contributed by atoms with Gasteiger partial charge in [0.05, 0.1) is 28.1 Å². The smallest absolute Gasteiger partial charge is 0.340 e. The molecule has 2 aliphatic heterocycles. The maximum absolute atomic E-state index is 16.4. The first-order valence-corrected chi connectivity index (χ1v) is 25.2. The van der Waals surface area contributed by atoms with Crippen molar-refractivity contribution in [3.63, 3.8) is 0 Å². The number of ether oxygens (including phenoxy) is 16. The molecular weight excluding hydrogens is 1160 g/mol. The van der Waals surface area contributed by atoms with E-state index in [1.165, 1.54) is 18.2 Å². The number of carbonyl (C=O) groups is 11. The van der Waals surface area contributed by atoms with E-state index in [0.29, 0.717) is 5.56 Å². The molecule has 0 saturated heterocycles. The van der Waals surface area contributed by atoms with Crippen LogP contribution in [0.15, 0.2) is 54.6 Å². The number of halogens is 2. The van der Waals surface area contributed by atoms with Gasteiger partial charge in [0.15, 0.2) is 28.7 Å². The summed E-state index contributed by atoms with van der Waals surface area (Å²) < 4.78 is 117. The first kappa shape index (κ1) is 64.7. The lowest BCUT2D eigenvalue weighted by atomic mass is 9.77. The molecule has 0 radical (unpaired) electrons. The Bertz CT molecular complexity index is 3150. The monoisotopic (exact) mass is 1210 g/mol. The van der Waals surface area contributed by atoms with Gasteiger partial charge in [-0.05, 0) is 48.9 Å². The Hall–Kier alpha value is -10.5. The van der Waals surface area contributed by atoms with Crippen LogP contribution in [0.2, 0.25) is 0 Å². The second-order valence-corrected chi connectivity index (χ2v) is 17.9. The van der Waals surface area contributed by atoms with Crippen molar-refractivity contribution in [1.29, 1.82) is 0 Å². The standard InChI is InChI=1S/C55H54F2N2O27/c1-29-8-9-42(58(19-50(66)81-25-75-32(4)62)20-51(67)82-26-76-33(5)63)48(12-29)71-10-11-72-49-16-37-36(13-43(49)59(21-52(68)83-27-77-34(6)64)22-53(69)84-28-78-35(7)65)54(70)86-55(37)38-14-40(56)46(79-23-73-30(2)60)17-44(38)85-45-18-47(41(57)15-39(45)55)80-24-74-31(3)61/h8-9,12-18H,10-11,19-28H2,1-7H3. The second-order valence-electron chi connectivity index (χ2n) is 17.9. The molecule has 0 amide bonds. The van der Waals surface area contributed by atoms with Crippen LogP contribution in [0.25, 0.3) is 0 Å². The van der Waals surface area contributed by atoms with E-state index >= 15 is 8.78 Å². The van der Waals surface area contributed by atoms with E-state index in [1.54, 1.807) is 13.0 Å². The van der Waals surface area contributed by atoms with Gasteiger partial charge in [-0.25, -0.2) is 13.6 Å². The first-order valence-electron chi connectivity index (χ1n) is 25.2. The zero-order valence-corrected chi connectivity index (χ0v) is 46.9. The SMILES string of the molecule is CC(=O)OCOC(=O)CN(CC(=O)OCOC(C)=O)c1ccc(C)cc1OCCOc1cc2c(cc1N(CC(=O)OCOC(C)=O)CC(=O)OCOC(C)=O)C(=O)OC21c2cc(F)c(OCOC(C)=O)cc2Oc2cc(OCOC(C)=O)c(F)cc21. The zero-order chi connectivity index (χ0) is 62.8. The number of hydrogen-bond donors (Lipinski definition) is 0. The number of anilines is 2. The number of rotatable bonds is 29. The average Bonchev–Trinajstić information content (AvgIpc) is 1.44. The number of hydrogen-bond acceptors (Lipinski definition) is 29. The molecule has 31 heteroatoms. The van der Waals surface area contributed by atoms with Crippen LogP contribution in [0.5, 0.6) is 34.5 Å². The summed E-state index contributed by atoms with van der Waals surface area (Å²) >= 11 is 0. The van der Waals surface area contributed by atoms with Crippen molar-refractivity contribution < 1.29 is 137 Å². The molecule has 2 aliphatic rings. The largest absolute Gasteiger partial charge is 0.488 e. The lowest BCUT2D eigenvalue weighted by Crippen LogP contribution is -2.37. The second kappa shape index (κ2) is 29.7. The molecule has 29 nitrogen and oxygen atoms in total. The van der Waals surface area contributed by atoms with Crippen LogP contribution < -0.4 is 33.5 Å². The topological polar surface area (TPSA) is 342 Å². The molecular formula is C55H54F2N2O27. The molecule has 6 rings (SSSR count). The summed E-state index contributed by atoms with van der Waals surface area (Å²) in [6, 6.07) is 10.5. The Morgan fingerprint density at radius 3 is 1.20 bits per heavy atom. The minimum atomic E-state index is -2.41. The van der Waals surface area contributed by atoms with Gasteiger partial charge in [0.2, 0.25) is 40.8 Å². The summed E-state index contributed by atoms with van der Waals surface area (Å²) in [6.45, 7) is -0.973. The fourth-order valence-electron chi connectivity index (χ4n) is 7.94. The fraction of sp³-hybridized carbons (Fsp3) is 0.364. The summed E-state index contributed by atoms with van der Waals surface area (Å²) in [6.07, 6.45) is 0. The van der Waals surface area contributed by atoms with Crippen LogP contribution >= 0.6 is 0 Å². The summed E-state index contributed by atoms with van der Waals surface area (Å²) in [5.74, 6) is -14.5. The Kier molecular flexibility index (Phi) is 22.3. The van der Waals surface area contributed by atoms with Gasteiger partial charge in [0.1, 0.15) is 62.4 Å². The minimum Gasteiger partial charge on any atom is -0.488 e. The molecule has 0 aromatic heterocycles. The number of benzene rings is 4. The maximum Gasteiger partial charge on any atom is 0.340 e. The van der Waals surface area contributed by atoms with Crippen molar-refractivity contribution >= 4 is 77.0 Å². The van der Waals surface area contributed by atoms with Gasteiger partial charge in [-0.15, -0.1) is 0 Å². The maximum atomic E-state index is 16.4. The Labute approximate surface area is 485 Å². The van der Waals surface area contributed by atoms with Crippen LogP contribution in [0, 0.1) is 18.6 Å². The number of nitrogens with zero attached hydrogens (tertiary/aromatic N) is 2. The third-order valence-corrected chi connectivity index (χ3v) is 11.5. The van der Waals surface area contributed by atoms with E-state index in [4.69, 9.17) is 75.8 Å². The van der Waals surface area contributed by atoms with Crippen LogP contribution in [-0.4, -0.2) is 146 Å². The third-order valence-electron chi connectivity index (χ3n) is 11.5. The highest BCUT2D eigenvalue weighted by molar-refractivity contribution is 5.99. The number of esters is 11. The molecule has 0 aliphatic carbocycles. The number of fused-ring (bicyclic) bond motifs is 6. The molecule has 460 valence electrons.